The van der Waals surface area contributed by atoms with E-state index in [4.69, 9.17) is 21.9 Å². The predicted molar refractivity (Wildman–Crippen MR) is 122 cm³/mol. The van der Waals surface area contributed by atoms with Crippen LogP contribution in [0.1, 0.15) is 29.7 Å². The minimum atomic E-state index is 0.719. The topological polar surface area (TPSA) is 30.3 Å². The van der Waals surface area contributed by atoms with Gasteiger partial charge in [-0.05, 0) is 55.4 Å². The molecule has 3 aromatic rings. The molecule has 1 aliphatic carbocycles. The van der Waals surface area contributed by atoms with Gasteiger partial charge < -0.3 is 9.30 Å². The van der Waals surface area contributed by atoms with E-state index in [1.54, 1.807) is 0 Å². The number of rotatable bonds is 5. The van der Waals surface area contributed by atoms with Crippen LogP contribution in [0, 0.1) is 4.77 Å². The second kappa shape index (κ2) is 8.64. The third kappa shape index (κ3) is 3.91. The van der Waals surface area contributed by atoms with Crippen molar-refractivity contribution in [3.05, 3.63) is 45.5 Å². The van der Waals surface area contributed by atoms with Gasteiger partial charge in [0.05, 0.1) is 18.9 Å². The Labute approximate surface area is 181 Å². The third-order valence-corrected chi connectivity index (χ3v) is 7.59. The van der Waals surface area contributed by atoms with Gasteiger partial charge in [-0.2, -0.15) is 0 Å². The third-order valence-electron chi connectivity index (χ3n) is 6.09. The second-order valence-corrected chi connectivity index (χ2v) is 9.41. The highest BCUT2D eigenvalue weighted by molar-refractivity contribution is 7.71. The molecule has 0 radical (unpaired) electrons. The van der Waals surface area contributed by atoms with E-state index < -0.39 is 0 Å². The van der Waals surface area contributed by atoms with Gasteiger partial charge in [0, 0.05) is 36.4 Å². The average Bonchev–Trinajstić information content (AvgIpc) is 3.13. The molecule has 0 amide bonds. The van der Waals surface area contributed by atoms with Gasteiger partial charge >= 0.3 is 0 Å². The zero-order valence-corrected chi connectivity index (χ0v) is 18.4. The van der Waals surface area contributed by atoms with Gasteiger partial charge in [-0.15, -0.1) is 11.3 Å². The number of aryl methyl sites for hydroxylation is 2. The highest BCUT2D eigenvalue weighted by Gasteiger charge is 2.22. The van der Waals surface area contributed by atoms with E-state index in [1.165, 1.54) is 52.8 Å². The van der Waals surface area contributed by atoms with Gasteiger partial charge in [-0.1, -0.05) is 30.3 Å². The normalized spacial score (nSPS) is 17.5. The summed E-state index contributed by atoms with van der Waals surface area (Å²) in [5.41, 5.74) is 4.06. The lowest BCUT2D eigenvalue weighted by atomic mass is 9.94. The van der Waals surface area contributed by atoms with Crippen molar-refractivity contribution in [2.45, 2.75) is 38.6 Å². The predicted octanol–water partition coefficient (Wildman–Crippen LogP) is 5.10. The number of aromatic nitrogens is 2. The Morgan fingerprint density at radius 3 is 2.66 bits per heavy atom. The molecule has 29 heavy (non-hydrogen) atoms. The van der Waals surface area contributed by atoms with Crippen LogP contribution in [0.15, 0.2) is 30.3 Å². The van der Waals surface area contributed by atoms with Crippen LogP contribution in [0.3, 0.4) is 0 Å². The monoisotopic (exact) mass is 425 g/mol. The average molecular weight is 426 g/mol. The summed E-state index contributed by atoms with van der Waals surface area (Å²) in [5.74, 6) is 0. The molecule has 5 rings (SSSR count). The lowest BCUT2D eigenvalue weighted by Gasteiger charge is -2.27. The van der Waals surface area contributed by atoms with Crippen molar-refractivity contribution < 1.29 is 4.74 Å². The molecule has 0 unspecified atom stereocenters. The summed E-state index contributed by atoms with van der Waals surface area (Å²) in [4.78, 5) is 10.0. The van der Waals surface area contributed by atoms with Crippen LogP contribution in [-0.4, -0.2) is 47.3 Å². The molecule has 2 aromatic heterocycles. The molecule has 0 atom stereocenters. The van der Waals surface area contributed by atoms with Gasteiger partial charge in [0.2, 0.25) is 4.77 Å². The van der Waals surface area contributed by atoms with Crippen LogP contribution in [0.5, 0.6) is 0 Å². The molecule has 152 valence electrons. The van der Waals surface area contributed by atoms with E-state index in [-0.39, 0.29) is 0 Å². The quantitative estimate of drug-likeness (QED) is 0.532. The SMILES string of the molecule is S=c1nc2sc3c(c2c(-c2ccccc2)n1CCCN1CCOCC1)CCCC3. The lowest BCUT2D eigenvalue weighted by molar-refractivity contribution is 0.0369. The van der Waals surface area contributed by atoms with Gasteiger partial charge in [-0.25, -0.2) is 4.98 Å². The van der Waals surface area contributed by atoms with E-state index in [2.05, 4.69) is 39.8 Å². The zero-order valence-electron chi connectivity index (χ0n) is 16.7. The highest BCUT2D eigenvalue weighted by Crippen LogP contribution is 2.40. The fraction of sp³-hybridized carbons (Fsp3) is 0.478. The van der Waals surface area contributed by atoms with Gasteiger partial charge in [0.15, 0.2) is 0 Å². The van der Waals surface area contributed by atoms with Crippen LogP contribution in [0.25, 0.3) is 21.5 Å². The van der Waals surface area contributed by atoms with E-state index >= 15 is 0 Å². The molecule has 0 N–H and O–H groups in total. The summed E-state index contributed by atoms with van der Waals surface area (Å²) in [5, 5.41) is 1.36. The van der Waals surface area contributed by atoms with Crippen molar-refractivity contribution in [2.24, 2.45) is 0 Å². The molecular weight excluding hydrogens is 398 g/mol. The summed E-state index contributed by atoms with van der Waals surface area (Å²) < 4.78 is 8.50. The molecule has 3 heterocycles. The van der Waals surface area contributed by atoms with Crippen molar-refractivity contribution in [3.8, 4) is 11.3 Å². The molecule has 1 aliphatic heterocycles. The Morgan fingerprint density at radius 2 is 1.83 bits per heavy atom. The Kier molecular flexibility index (Phi) is 5.77. The van der Waals surface area contributed by atoms with Crippen LogP contribution >= 0.6 is 23.6 Å². The largest absolute Gasteiger partial charge is 0.379 e. The van der Waals surface area contributed by atoms with E-state index in [0.717, 1.165) is 55.4 Å². The number of thiophene rings is 1. The van der Waals surface area contributed by atoms with Crippen LogP contribution in [-0.2, 0) is 24.1 Å². The van der Waals surface area contributed by atoms with Crippen LogP contribution < -0.4 is 0 Å². The first kappa shape index (κ1) is 19.4. The summed E-state index contributed by atoms with van der Waals surface area (Å²) in [6, 6.07) is 10.8. The number of hydrogen-bond acceptors (Lipinski definition) is 5. The van der Waals surface area contributed by atoms with Gasteiger partial charge in [0.25, 0.3) is 0 Å². The maximum atomic E-state index is 5.80. The number of ether oxygens (including phenoxy) is 1. The highest BCUT2D eigenvalue weighted by atomic mass is 32.1. The summed E-state index contributed by atoms with van der Waals surface area (Å²) in [7, 11) is 0. The molecule has 0 saturated carbocycles. The van der Waals surface area contributed by atoms with Crippen molar-refractivity contribution in [2.75, 3.05) is 32.8 Å². The fourth-order valence-electron chi connectivity index (χ4n) is 4.63. The Hall–Kier alpha value is -1.60. The summed E-state index contributed by atoms with van der Waals surface area (Å²) in [6.07, 6.45) is 6.00. The van der Waals surface area contributed by atoms with Gasteiger partial charge in [-0.3, -0.25) is 4.90 Å². The molecule has 4 nitrogen and oxygen atoms in total. The second-order valence-electron chi connectivity index (χ2n) is 7.96. The molecule has 6 heteroatoms. The Balaban J connectivity index is 1.56. The zero-order chi connectivity index (χ0) is 19.6. The standard InChI is InChI=1S/C23H27N3OS2/c28-23-24-22-20(18-9-4-5-10-19(18)29-22)21(17-7-2-1-3-8-17)26(23)12-6-11-25-13-15-27-16-14-25/h1-3,7-8H,4-6,9-16H2. The Bertz CT molecular complexity index is 1050. The first-order valence-electron chi connectivity index (χ1n) is 10.7. The minimum Gasteiger partial charge on any atom is -0.379 e. The van der Waals surface area contributed by atoms with Crippen LogP contribution in [0.2, 0.25) is 0 Å². The summed E-state index contributed by atoms with van der Waals surface area (Å²) in [6.45, 7) is 5.76. The minimum absolute atomic E-state index is 0.719. The van der Waals surface area contributed by atoms with E-state index in [9.17, 15) is 0 Å². The van der Waals surface area contributed by atoms with Crippen molar-refractivity contribution in [1.29, 1.82) is 0 Å². The molecular formula is C23H27N3OS2. The Morgan fingerprint density at radius 1 is 1.03 bits per heavy atom. The van der Waals surface area contributed by atoms with Crippen molar-refractivity contribution in [1.82, 2.24) is 14.5 Å². The maximum Gasteiger partial charge on any atom is 0.201 e. The maximum absolute atomic E-state index is 5.80. The number of nitrogens with zero attached hydrogens (tertiary/aromatic N) is 3. The first-order valence-corrected chi connectivity index (χ1v) is 11.9. The molecule has 0 spiro atoms. The number of fused-ring (bicyclic) bond motifs is 3. The fourth-order valence-corrected chi connectivity index (χ4v) is 6.23. The first-order chi connectivity index (χ1) is 14.3. The number of hydrogen-bond donors (Lipinski definition) is 0. The molecule has 1 saturated heterocycles. The molecule has 1 aromatic carbocycles. The molecule has 2 aliphatic rings. The number of benzene rings is 1. The van der Waals surface area contributed by atoms with Crippen LogP contribution in [0.4, 0.5) is 0 Å². The number of morpholine rings is 1. The van der Waals surface area contributed by atoms with Gasteiger partial charge in [0.1, 0.15) is 4.83 Å². The van der Waals surface area contributed by atoms with E-state index in [1.807, 2.05) is 11.3 Å². The van der Waals surface area contributed by atoms with Crippen molar-refractivity contribution in [3.63, 3.8) is 0 Å². The lowest BCUT2D eigenvalue weighted by Crippen LogP contribution is -2.37. The van der Waals surface area contributed by atoms with Crippen molar-refractivity contribution >= 4 is 33.8 Å². The molecule has 1 fully saturated rings. The summed E-state index contributed by atoms with van der Waals surface area (Å²) >= 11 is 7.67. The molecule has 0 bridgehead atoms. The smallest absolute Gasteiger partial charge is 0.201 e. The van der Waals surface area contributed by atoms with E-state index in [0.29, 0.717) is 0 Å².